The molecule has 2 rings (SSSR count). The molecule has 1 saturated carbocycles. The van der Waals surface area contributed by atoms with Crippen LogP contribution in [0.4, 0.5) is 4.39 Å². The summed E-state index contributed by atoms with van der Waals surface area (Å²) in [6, 6.07) is 4.18. The van der Waals surface area contributed by atoms with Gasteiger partial charge in [0, 0.05) is 0 Å². The monoisotopic (exact) mass is 238 g/mol. The van der Waals surface area contributed by atoms with Gasteiger partial charge in [0.15, 0.2) is 17.9 Å². The summed E-state index contributed by atoms with van der Waals surface area (Å²) in [4.78, 5) is 10.7. The van der Waals surface area contributed by atoms with Crippen LogP contribution in [0.15, 0.2) is 18.2 Å². The number of benzene rings is 1. The van der Waals surface area contributed by atoms with Crippen LogP contribution in [0, 0.1) is 5.82 Å². The highest BCUT2D eigenvalue weighted by atomic mass is 19.1. The lowest BCUT2D eigenvalue weighted by Gasteiger charge is -2.22. The van der Waals surface area contributed by atoms with E-state index in [0.29, 0.717) is 19.1 Å². The highest BCUT2D eigenvalue weighted by Crippen LogP contribution is 2.31. The van der Waals surface area contributed by atoms with E-state index in [-0.39, 0.29) is 17.9 Å². The molecule has 1 aromatic rings. The third-order valence-electron chi connectivity index (χ3n) is 3.14. The Morgan fingerprint density at radius 2 is 2.12 bits per heavy atom. The minimum atomic E-state index is -0.873. The fourth-order valence-corrected chi connectivity index (χ4v) is 2.15. The van der Waals surface area contributed by atoms with Crippen molar-refractivity contribution in [2.24, 2.45) is 0 Å². The number of rotatable bonds is 4. The van der Waals surface area contributed by atoms with Crippen molar-refractivity contribution in [3.8, 4) is 5.75 Å². The summed E-state index contributed by atoms with van der Waals surface area (Å²) >= 11 is 0. The molecule has 17 heavy (non-hydrogen) atoms. The molecule has 1 aliphatic rings. The van der Waals surface area contributed by atoms with Gasteiger partial charge >= 0.3 is 0 Å². The van der Waals surface area contributed by atoms with Crippen LogP contribution in [0.2, 0.25) is 0 Å². The van der Waals surface area contributed by atoms with Gasteiger partial charge in [-0.1, -0.05) is 18.9 Å². The van der Waals surface area contributed by atoms with Gasteiger partial charge in [-0.25, -0.2) is 4.39 Å². The van der Waals surface area contributed by atoms with Crippen LogP contribution in [-0.4, -0.2) is 23.6 Å². The maximum absolute atomic E-state index is 13.5. The number of aldehydes is 1. The lowest BCUT2D eigenvalue weighted by Crippen LogP contribution is -2.32. The van der Waals surface area contributed by atoms with E-state index in [2.05, 4.69) is 0 Å². The smallest absolute Gasteiger partial charge is 0.165 e. The van der Waals surface area contributed by atoms with Crippen LogP contribution < -0.4 is 4.74 Å². The first kappa shape index (κ1) is 12.0. The van der Waals surface area contributed by atoms with Crippen LogP contribution in [0.25, 0.3) is 0 Å². The number of carbonyl (C=O) groups excluding carboxylic acids is 1. The van der Waals surface area contributed by atoms with Crippen molar-refractivity contribution in [3.63, 3.8) is 0 Å². The first-order chi connectivity index (χ1) is 8.14. The molecule has 0 spiro atoms. The van der Waals surface area contributed by atoms with Gasteiger partial charge in [0.05, 0.1) is 11.2 Å². The Balaban J connectivity index is 2.10. The summed E-state index contributed by atoms with van der Waals surface area (Å²) < 4.78 is 18.8. The molecule has 0 radical (unpaired) electrons. The molecule has 1 aliphatic carbocycles. The summed E-state index contributed by atoms with van der Waals surface area (Å²) in [6.07, 6.45) is 3.79. The lowest BCUT2D eigenvalue weighted by molar-refractivity contribution is 0.000134. The van der Waals surface area contributed by atoms with Crippen molar-refractivity contribution < 1.29 is 19.0 Å². The van der Waals surface area contributed by atoms with Gasteiger partial charge in [-0.15, -0.1) is 0 Å². The second kappa shape index (κ2) is 4.84. The second-order valence-corrected chi connectivity index (χ2v) is 4.50. The average Bonchev–Trinajstić information content (AvgIpc) is 2.75. The Bertz CT molecular complexity index is 411. The number of carbonyl (C=O) groups is 1. The molecule has 1 fully saturated rings. The molecule has 1 aromatic carbocycles. The third kappa shape index (κ3) is 2.64. The molecular weight excluding hydrogens is 223 g/mol. The number of aliphatic hydroxyl groups is 1. The largest absolute Gasteiger partial charge is 0.487 e. The van der Waals surface area contributed by atoms with Crippen molar-refractivity contribution in [2.75, 3.05) is 6.61 Å². The van der Waals surface area contributed by atoms with Crippen molar-refractivity contribution in [1.82, 2.24) is 0 Å². The summed E-state index contributed by atoms with van der Waals surface area (Å²) in [5.74, 6) is -0.640. The SMILES string of the molecule is O=Cc1cccc(F)c1OCC1(O)CCCC1. The van der Waals surface area contributed by atoms with Gasteiger partial charge in [0.2, 0.25) is 0 Å². The van der Waals surface area contributed by atoms with E-state index in [1.807, 2.05) is 0 Å². The average molecular weight is 238 g/mol. The molecule has 0 amide bonds. The standard InChI is InChI=1S/C13H15FO3/c14-11-5-3-4-10(8-15)12(11)17-9-13(16)6-1-2-7-13/h3-5,8,16H,1-2,6-7,9H2. The van der Waals surface area contributed by atoms with E-state index < -0.39 is 11.4 Å². The summed E-state index contributed by atoms with van der Waals surface area (Å²) in [7, 11) is 0. The highest BCUT2D eigenvalue weighted by Gasteiger charge is 2.32. The summed E-state index contributed by atoms with van der Waals surface area (Å²) in [6.45, 7) is 0.0365. The predicted octanol–water partition coefficient (Wildman–Crippen LogP) is 2.32. The van der Waals surface area contributed by atoms with Crippen molar-refractivity contribution >= 4 is 6.29 Å². The molecule has 3 nitrogen and oxygen atoms in total. The summed E-state index contributed by atoms with van der Waals surface area (Å²) in [5.41, 5.74) is -0.700. The van der Waals surface area contributed by atoms with Crippen LogP contribution in [0.5, 0.6) is 5.75 Å². The van der Waals surface area contributed by atoms with Gasteiger partial charge < -0.3 is 9.84 Å². The van der Waals surface area contributed by atoms with Crippen LogP contribution in [0.3, 0.4) is 0 Å². The van der Waals surface area contributed by atoms with Gasteiger partial charge in [-0.05, 0) is 25.0 Å². The van der Waals surface area contributed by atoms with Gasteiger partial charge in [-0.3, -0.25) is 4.79 Å². The fraction of sp³-hybridized carbons (Fsp3) is 0.462. The normalized spacial score (nSPS) is 18.0. The molecule has 0 heterocycles. The van der Waals surface area contributed by atoms with Crippen molar-refractivity contribution in [2.45, 2.75) is 31.3 Å². The van der Waals surface area contributed by atoms with E-state index in [0.717, 1.165) is 12.8 Å². The first-order valence-corrected chi connectivity index (χ1v) is 5.73. The zero-order chi connectivity index (χ0) is 12.3. The zero-order valence-corrected chi connectivity index (χ0v) is 9.49. The Morgan fingerprint density at radius 3 is 2.76 bits per heavy atom. The summed E-state index contributed by atoms with van der Waals surface area (Å²) in [5, 5.41) is 10.1. The predicted molar refractivity (Wildman–Crippen MR) is 60.7 cm³/mol. The van der Waals surface area contributed by atoms with Crippen molar-refractivity contribution in [3.05, 3.63) is 29.6 Å². The number of hydrogen-bond acceptors (Lipinski definition) is 3. The quantitative estimate of drug-likeness (QED) is 0.819. The minimum Gasteiger partial charge on any atom is -0.487 e. The number of ether oxygens (including phenoxy) is 1. The van der Waals surface area contributed by atoms with E-state index in [1.165, 1.54) is 18.2 Å². The Labute approximate surface area is 99.2 Å². The zero-order valence-electron chi connectivity index (χ0n) is 9.49. The maximum atomic E-state index is 13.5. The van der Waals surface area contributed by atoms with Crippen molar-refractivity contribution in [1.29, 1.82) is 0 Å². The van der Waals surface area contributed by atoms with E-state index >= 15 is 0 Å². The van der Waals surface area contributed by atoms with Gasteiger partial charge in [0.1, 0.15) is 6.61 Å². The molecule has 0 unspecified atom stereocenters. The number of halogens is 1. The van der Waals surface area contributed by atoms with E-state index in [4.69, 9.17) is 4.74 Å². The lowest BCUT2D eigenvalue weighted by atomic mass is 10.0. The molecule has 4 heteroatoms. The molecule has 0 saturated heterocycles. The van der Waals surface area contributed by atoms with Crippen LogP contribution in [0.1, 0.15) is 36.0 Å². The Morgan fingerprint density at radius 1 is 1.41 bits per heavy atom. The van der Waals surface area contributed by atoms with Gasteiger partial charge in [0.25, 0.3) is 0 Å². The molecule has 0 atom stereocenters. The van der Waals surface area contributed by atoms with Crippen LogP contribution >= 0.6 is 0 Å². The van der Waals surface area contributed by atoms with E-state index in [1.54, 1.807) is 0 Å². The molecule has 0 aromatic heterocycles. The Hall–Kier alpha value is -1.42. The van der Waals surface area contributed by atoms with E-state index in [9.17, 15) is 14.3 Å². The second-order valence-electron chi connectivity index (χ2n) is 4.50. The molecule has 1 N–H and O–H groups in total. The van der Waals surface area contributed by atoms with Gasteiger partial charge in [-0.2, -0.15) is 0 Å². The minimum absolute atomic E-state index is 0.0365. The fourth-order valence-electron chi connectivity index (χ4n) is 2.15. The maximum Gasteiger partial charge on any atom is 0.165 e. The highest BCUT2D eigenvalue weighted by molar-refractivity contribution is 5.79. The topological polar surface area (TPSA) is 46.5 Å². The molecular formula is C13H15FO3. The number of para-hydroxylation sites is 1. The Kier molecular flexibility index (Phi) is 3.43. The molecule has 0 aliphatic heterocycles. The van der Waals surface area contributed by atoms with Crippen LogP contribution in [-0.2, 0) is 0 Å². The molecule has 92 valence electrons. The number of hydrogen-bond donors (Lipinski definition) is 1. The first-order valence-electron chi connectivity index (χ1n) is 5.73. The third-order valence-corrected chi connectivity index (χ3v) is 3.14. The molecule has 0 bridgehead atoms.